The van der Waals surface area contributed by atoms with Crippen LogP contribution in [0.4, 0.5) is 5.82 Å². The molecule has 2 aromatic heterocycles. The summed E-state index contributed by atoms with van der Waals surface area (Å²) in [4.78, 5) is 6.82. The first-order chi connectivity index (χ1) is 8.90. The van der Waals surface area contributed by atoms with E-state index < -0.39 is 0 Å². The lowest BCUT2D eigenvalue weighted by Gasteiger charge is -2.20. The van der Waals surface area contributed by atoms with E-state index in [0.717, 1.165) is 49.9 Å². The standard InChI is InChI=1S/C13H17N3O2/c17-10-11-13(15-5-3-8-18-9-7-15)14-12-4-1-2-6-16(11)12/h1-2,4,6,17H,3,5,7-10H2. The van der Waals surface area contributed by atoms with Gasteiger partial charge in [0.2, 0.25) is 0 Å². The molecule has 0 unspecified atom stereocenters. The highest BCUT2D eigenvalue weighted by molar-refractivity contribution is 5.55. The minimum absolute atomic E-state index is 0.00211. The Morgan fingerprint density at radius 2 is 2.22 bits per heavy atom. The van der Waals surface area contributed by atoms with E-state index in [1.807, 2.05) is 28.8 Å². The van der Waals surface area contributed by atoms with Crippen molar-refractivity contribution < 1.29 is 9.84 Å². The summed E-state index contributed by atoms with van der Waals surface area (Å²) in [7, 11) is 0. The third-order valence-electron chi connectivity index (χ3n) is 3.28. The van der Waals surface area contributed by atoms with Crippen molar-refractivity contribution in [1.82, 2.24) is 9.38 Å². The predicted octanol–water partition coefficient (Wildman–Crippen LogP) is 1.05. The average Bonchev–Trinajstić information content (AvgIpc) is 2.59. The molecule has 18 heavy (non-hydrogen) atoms. The van der Waals surface area contributed by atoms with Crippen molar-refractivity contribution in [2.45, 2.75) is 13.0 Å². The summed E-state index contributed by atoms with van der Waals surface area (Å²) in [5.74, 6) is 0.884. The van der Waals surface area contributed by atoms with Crippen LogP contribution in [-0.4, -0.2) is 40.8 Å². The van der Waals surface area contributed by atoms with Crippen molar-refractivity contribution in [1.29, 1.82) is 0 Å². The fourth-order valence-corrected chi connectivity index (χ4v) is 2.39. The van der Waals surface area contributed by atoms with E-state index in [1.54, 1.807) is 0 Å². The molecule has 1 aliphatic heterocycles. The Balaban J connectivity index is 2.04. The third kappa shape index (κ3) is 1.95. The fourth-order valence-electron chi connectivity index (χ4n) is 2.39. The summed E-state index contributed by atoms with van der Waals surface area (Å²) < 4.78 is 7.40. The molecular weight excluding hydrogens is 230 g/mol. The largest absolute Gasteiger partial charge is 0.390 e. The molecule has 3 heterocycles. The number of rotatable bonds is 2. The number of hydrogen-bond acceptors (Lipinski definition) is 4. The maximum Gasteiger partial charge on any atom is 0.153 e. The van der Waals surface area contributed by atoms with E-state index >= 15 is 0 Å². The van der Waals surface area contributed by atoms with Crippen molar-refractivity contribution >= 4 is 11.5 Å². The molecule has 5 nitrogen and oxygen atoms in total. The normalized spacial score (nSPS) is 17.1. The first kappa shape index (κ1) is 11.5. The maximum absolute atomic E-state index is 9.59. The quantitative estimate of drug-likeness (QED) is 0.862. The Hall–Kier alpha value is -1.59. The van der Waals surface area contributed by atoms with Crippen LogP contribution in [0.1, 0.15) is 12.1 Å². The lowest BCUT2D eigenvalue weighted by atomic mass is 10.3. The van der Waals surface area contributed by atoms with Gasteiger partial charge in [-0.25, -0.2) is 4.98 Å². The first-order valence-corrected chi connectivity index (χ1v) is 6.29. The summed E-state index contributed by atoms with van der Waals surface area (Å²) in [6, 6.07) is 5.86. The minimum atomic E-state index is -0.00211. The van der Waals surface area contributed by atoms with Gasteiger partial charge in [-0.2, -0.15) is 0 Å². The summed E-state index contributed by atoms with van der Waals surface area (Å²) >= 11 is 0. The summed E-state index contributed by atoms with van der Waals surface area (Å²) in [6.45, 7) is 3.28. The highest BCUT2D eigenvalue weighted by atomic mass is 16.5. The van der Waals surface area contributed by atoms with Crippen LogP contribution in [0.5, 0.6) is 0 Å². The van der Waals surface area contributed by atoms with Crippen molar-refractivity contribution in [3.05, 3.63) is 30.1 Å². The zero-order valence-corrected chi connectivity index (χ0v) is 10.2. The van der Waals surface area contributed by atoms with E-state index in [9.17, 15) is 5.11 Å². The summed E-state index contributed by atoms with van der Waals surface area (Å²) in [6.07, 6.45) is 2.93. The van der Waals surface area contributed by atoms with Gasteiger partial charge in [-0.3, -0.25) is 4.40 Å². The molecule has 0 amide bonds. The fraction of sp³-hybridized carbons (Fsp3) is 0.462. The van der Waals surface area contributed by atoms with Gasteiger partial charge in [0.1, 0.15) is 5.65 Å². The van der Waals surface area contributed by atoms with Gasteiger partial charge in [-0.15, -0.1) is 0 Å². The molecule has 0 saturated carbocycles. The molecule has 1 fully saturated rings. The molecule has 5 heteroatoms. The van der Waals surface area contributed by atoms with Crippen LogP contribution in [0.15, 0.2) is 24.4 Å². The number of ether oxygens (including phenoxy) is 1. The second-order valence-corrected chi connectivity index (χ2v) is 4.42. The van der Waals surface area contributed by atoms with Crippen molar-refractivity contribution in [3.63, 3.8) is 0 Å². The van der Waals surface area contributed by atoms with Crippen LogP contribution in [0.3, 0.4) is 0 Å². The van der Waals surface area contributed by atoms with Crippen LogP contribution < -0.4 is 4.90 Å². The molecule has 0 atom stereocenters. The number of aliphatic hydroxyl groups is 1. The Bertz CT molecular complexity index is 530. The van der Waals surface area contributed by atoms with E-state index in [1.165, 1.54) is 0 Å². The summed E-state index contributed by atoms with van der Waals surface area (Å²) in [5, 5.41) is 9.59. The van der Waals surface area contributed by atoms with Gasteiger partial charge in [-0.1, -0.05) is 6.07 Å². The zero-order valence-electron chi connectivity index (χ0n) is 10.2. The van der Waals surface area contributed by atoms with Gasteiger partial charge >= 0.3 is 0 Å². The average molecular weight is 247 g/mol. The molecule has 3 rings (SSSR count). The lowest BCUT2D eigenvalue weighted by molar-refractivity contribution is 0.152. The van der Waals surface area contributed by atoms with Gasteiger partial charge in [0, 0.05) is 25.9 Å². The number of pyridine rings is 1. The highest BCUT2D eigenvalue weighted by Gasteiger charge is 2.18. The van der Waals surface area contributed by atoms with Gasteiger partial charge in [0.05, 0.1) is 18.9 Å². The van der Waals surface area contributed by atoms with Crippen molar-refractivity contribution in [2.24, 2.45) is 0 Å². The molecule has 1 saturated heterocycles. The van der Waals surface area contributed by atoms with E-state index in [-0.39, 0.29) is 6.61 Å². The Labute approximate surface area is 106 Å². The van der Waals surface area contributed by atoms with E-state index in [2.05, 4.69) is 9.88 Å². The molecule has 1 N–H and O–H groups in total. The lowest BCUT2D eigenvalue weighted by Crippen LogP contribution is -2.27. The van der Waals surface area contributed by atoms with Crippen LogP contribution >= 0.6 is 0 Å². The highest BCUT2D eigenvalue weighted by Crippen LogP contribution is 2.22. The molecule has 2 aromatic rings. The Kier molecular flexibility index (Phi) is 3.17. The predicted molar refractivity (Wildman–Crippen MR) is 68.8 cm³/mol. The topological polar surface area (TPSA) is 50.0 Å². The molecule has 96 valence electrons. The van der Waals surface area contributed by atoms with Crippen molar-refractivity contribution in [3.8, 4) is 0 Å². The molecule has 1 aliphatic rings. The molecule has 0 aliphatic carbocycles. The summed E-state index contributed by atoms with van der Waals surface area (Å²) in [5.41, 5.74) is 1.73. The molecular formula is C13H17N3O2. The molecule has 0 radical (unpaired) electrons. The second-order valence-electron chi connectivity index (χ2n) is 4.42. The number of nitrogens with zero attached hydrogens (tertiary/aromatic N) is 3. The number of fused-ring (bicyclic) bond motifs is 1. The molecule has 0 aromatic carbocycles. The van der Waals surface area contributed by atoms with Gasteiger partial charge in [-0.05, 0) is 18.6 Å². The van der Waals surface area contributed by atoms with Gasteiger partial charge < -0.3 is 14.7 Å². The zero-order chi connectivity index (χ0) is 12.4. The smallest absolute Gasteiger partial charge is 0.153 e. The maximum atomic E-state index is 9.59. The van der Waals surface area contributed by atoms with Crippen LogP contribution in [0.25, 0.3) is 5.65 Å². The minimum Gasteiger partial charge on any atom is -0.390 e. The van der Waals surface area contributed by atoms with Gasteiger partial charge in [0.15, 0.2) is 5.82 Å². The number of anilines is 1. The van der Waals surface area contributed by atoms with Crippen LogP contribution in [0.2, 0.25) is 0 Å². The molecule has 0 spiro atoms. The Morgan fingerprint density at radius 1 is 1.28 bits per heavy atom. The number of aromatic nitrogens is 2. The van der Waals surface area contributed by atoms with E-state index in [4.69, 9.17) is 4.74 Å². The SMILES string of the molecule is OCc1c(N2CCCOCC2)nc2ccccn12. The second kappa shape index (κ2) is 4.96. The number of aliphatic hydroxyl groups excluding tert-OH is 1. The van der Waals surface area contributed by atoms with Gasteiger partial charge in [0.25, 0.3) is 0 Å². The Morgan fingerprint density at radius 3 is 3.11 bits per heavy atom. The molecule has 0 bridgehead atoms. The monoisotopic (exact) mass is 247 g/mol. The van der Waals surface area contributed by atoms with Crippen molar-refractivity contribution in [2.75, 3.05) is 31.2 Å². The van der Waals surface area contributed by atoms with Crippen LogP contribution in [-0.2, 0) is 11.3 Å². The number of imidazole rings is 1. The van der Waals surface area contributed by atoms with E-state index in [0.29, 0.717) is 0 Å². The third-order valence-corrected chi connectivity index (χ3v) is 3.28. The first-order valence-electron chi connectivity index (χ1n) is 6.29. The van der Waals surface area contributed by atoms with Crippen LogP contribution in [0, 0.1) is 0 Å². The number of hydrogen-bond donors (Lipinski definition) is 1.